The van der Waals surface area contributed by atoms with Gasteiger partial charge in [0.05, 0.1) is 12.7 Å². The second-order valence-corrected chi connectivity index (χ2v) is 7.52. The van der Waals surface area contributed by atoms with E-state index in [1.165, 1.54) is 0 Å². The van der Waals surface area contributed by atoms with Crippen LogP contribution in [0.1, 0.15) is 28.8 Å². The smallest absolute Gasteiger partial charge is 0.279 e. The maximum absolute atomic E-state index is 12.8. The first-order valence-corrected chi connectivity index (χ1v) is 9.60. The van der Waals surface area contributed by atoms with Crippen LogP contribution in [0.15, 0.2) is 48.5 Å². The van der Waals surface area contributed by atoms with Gasteiger partial charge in [-0.05, 0) is 31.0 Å². The number of carbonyl (C=O) groups excluding carboxylic acids is 3. The van der Waals surface area contributed by atoms with Gasteiger partial charge in [-0.1, -0.05) is 41.9 Å². The van der Waals surface area contributed by atoms with Crippen LogP contribution in [0.4, 0.5) is 5.69 Å². The summed E-state index contributed by atoms with van der Waals surface area (Å²) in [5.74, 6) is -0.552. The fourth-order valence-electron chi connectivity index (χ4n) is 2.87. The molecule has 1 aliphatic rings. The van der Waals surface area contributed by atoms with Gasteiger partial charge >= 0.3 is 0 Å². The second kappa shape index (κ2) is 8.99. The number of benzene rings is 2. The van der Waals surface area contributed by atoms with Gasteiger partial charge in [-0.25, -0.2) is 0 Å². The van der Waals surface area contributed by atoms with E-state index in [9.17, 15) is 14.4 Å². The van der Waals surface area contributed by atoms with Gasteiger partial charge in [0.2, 0.25) is 0 Å². The van der Waals surface area contributed by atoms with Crippen molar-refractivity contribution >= 4 is 34.9 Å². The number of quaternary nitrogens is 1. The molecule has 28 heavy (non-hydrogen) atoms. The molecular formula is C21H23ClN3O3+. The Hall–Kier alpha value is -2.70. The van der Waals surface area contributed by atoms with Crippen molar-refractivity contribution < 1.29 is 19.3 Å². The highest BCUT2D eigenvalue weighted by molar-refractivity contribution is 6.31. The maximum Gasteiger partial charge on any atom is 0.279 e. The Bertz CT molecular complexity index is 882. The van der Waals surface area contributed by atoms with Crippen molar-refractivity contribution in [3.05, 3.63) is 64.7 Å². The monoisotopic (exact) mass is 400 g/mol. The van der Waals surface area contributed by atoms with Crippen molar-refractivity contribution in [2.24, 2.45) is 0 Å². The fraction of sp³-hybridized carbons (Fsp3) is 0.286. The first kappa shape index (κ1) is 20.0. The van der Waals surface area contributed by atoms with Crippen LogP contribution in [0.5, 0.6) is 0 Å². The fourth-order valence-corrected chi connectivity index (χ4v) is 3.04. The van der Waals surface area contributed by atoms with Crippen LogP contribution in [0.2, 0.25) is 5.02 Å². The zero-order valence-electron chi connectivity index (χ0n) is 15.6. The minimum atomic E-state index is -0.277. The number of amides is 2. The van der Waals surface area contributed by atoms with Crippen molar-refractivity contribution in [3.8, 4) is 0 Å². The zero-order valence-corrected chi connectivity index (χ0v) is 16.4. The lowest BCUT2D eigenvalue weighted by Crippen LogP contribution is -3.11. The molecule has 2 aromatic rings. The predicted molar refractivity (Wildman–Crippen MR) is 108 cm³/mol. The molecule has 0 aromatic heterocycles. The molecule has 3 N–H and O–H groups in total. The molecule has 1 fully saturated rings. The Labute approximate surface area is 168 Å². The summed E-state index contributed by atoms with van der Waals surface area (Å²) in [6, 6.07) is 13.9. The molecule has 1 aliphatic carbocycles. The Balaban J connectivity index is 1.65. The van der Waals surface area contributed by atoms with Gasteiger partial charge in [0.15, 0.2) is 18.9 Å². The third-order valence-electron chi connectivity index (χ3n) is 4.40. The number of rotatable bonds is 8. The van der Waals surface area contributed by atoms with Gasteiger partial charge < -0.3 is 15.5 Å². The molecule has 146 valence electrons. The standard InChI is InChI=1S/C21H22ClN3O3/c1-25(12-19(26)23-16-8-9-16)13-20(27)24-18-10-7-15(22)11-17(18)21(28)14-5-3-2-4-6-14/h2-7,10-11,16H,8-9,12-13H2,1H3,(H,23,26)(H,24,27)/p+1. The lowest BCUT2D eigenvalue weighted by atomic mass is 10.0. The molecule has 0 saturated heterocycles. The van der Waals surface area contributed by atoms with Crippen LogP contribution in [0, 0.1) is 0 Å². The van der Waals surface area contributed by atoms with E-state index in [2.05, 4.69) is 10.6 Å². The van der Waals surface area contributed by atoms with Crippen molar-refractivity contribution in [1.29, 1.82) is 0 Å². The number of likely N-dealkylation sites (N-methyl/N-ethyl adjacent to an activating group) is 1. The van der Waals surface area contributed by atoms with Crippen molar-refractivity contribution in [2.45, 2.75) is 18.9 Å². The van der Waals surface area contributed by atoms with Gasteiger partial charge in [-0.15, -0.1) is 0 Å². The molecule has 1 saturated carbocycles. The largest absolute Gasteiger partial charge is 0.348 e. The molecule has 1 atom stereocenters. The number of nitrogens with one attached hydrogen (secondary N) is 3. The van der Waals surface area contributed by atoms with E-state index >= 15 is 0 Å². The minimum absolute atomic E-state index is 0.0563. The summed E-state index contributed by atoms with van der Waals surface area (Å²) in [6.45, 7) is 0.333. The third-order valence-corrected chi connectivity index (χ3v) is 4.64. The summed E-state index contributed by atoms with van der Waals surface area (Å²) in [4.78, 5) is 37.9. The Morgan fingerprint density at radius 1 is 1.04 bits per heavy atom. The molecule has 2 amide bonds. The average Bonchev–Trinajstić information content (AvgIpc) is 3.46. The van der Waals surface area contributed by atoms with E-state index in [4.69, 9.17) is 11.6 Å². The first-order valence-electron chi connectivity index (χ1n) is 9.22. The molecule has 1 unspecified atom stereocenters. The maximum atomic E-state index is 12.8. The first-order chi connectivity index (χ1) is 13.4. The normalized spacial score (nSPS) is 14.2. The Morgan fingerprint density at radius 3 is 2.39 bits per heavy atom. The summed E-state index contributed by atoms with van der Waals surface area (Å²) in [5, 5.41) is 6.09. The number of hydrogen-bond donors (Lipinski definition) is 3. The van der Waals surface area contributed by atoms with Crippen LogP contribution in [-0.4, -0.2) is 43.8 Å². The number of hydrogen-bond acceptors (Lipinski definition) is 3. The summed E-state index contributed by atoms with van der Waals surface area (Å²) < 4.78 is 0. The summed E-state index contributed by atoms with van der Waals surface area (Å²) in [5.41, 5.74) is 1.24. The van der Waals surface area contributed by atoms with Crippen molar-refractivity contribution in [3.63, 3.8) is 0 Å². The Morgan fingerprint density at radius 2 is 1.71 bits per heavy atom. The molecule has 0 aliphatic heterocycles. The molecule has 0 heterocycles. The molecule has 0 bridgehead atoms. The van der Waals surface area contributed by atoms with E-state index < -0.39 is 0 Å². The highest BCUT2D eigenvalue weighted by Crippen LogP contribution is 2.23. The third kappa shape index (κ3) is 5.65. The molecule has 0 spiro atoms. The highest BCUT2D eigenvalue weighted by atomic mass is 35.5. The topological polar surface area (TPSA) is 79.7 Å². The molecule has 3 rings (SSSR count). The quantitative estimate of drug-likeness (QED) is 0.584. The van der Waals surface area contributed by atoms with E-state index in [-0.39, 0.29) is 30.7 Å². The van der Waals surface area contributed by atoms with Gasteiger partial charge in [-0.2, -0.15) is 0 Å². The summed E-state index contributed by atoms with van der Waals surface area (Å²) >= 11 is 6.06. The van der Waals surface area contributed by atoms with Crippen LogP contribution in [0.25, 0.3) is 0 Å². The number of carbonyl (C=O) groups is 3. The van der Waals surface area contributed by atoms with Crippen molar-refractivity contribution in [2.75, 3.05) is 25.5 Å². The van der Waals surface area contributed by atoms with Crippen LogP contribution in [-0.2, 0) is 9.59 Å². The molecular weight excluding hydrogens is 378 g/mol. The summed E-state index contributed by atoms with van der Waals surface area (Å²) in [6.07, 6.45) is 2.06. The summed E-state index contributed by atoms with van der Waals surface area (Å²) in [7, 11) is 1.78. The lowest BCUT2D eigenvalue weighted by molar-refractivity contribution is -0.862. The average molecular weight is 401 g/mol. The molecule has 2 aromatic carbocycles. The van der Waals surface area contributed by atoms with E-state index in [0.29, 0.717) is 27.9 Å². The Kier molecular flexibility index (Phi) is 6.44. The van der Waals surface area contributed by atoms with Crippen LogP contribution < -0.4 is 15.5 Å². The highest BCUT2D eigenvalue weighted by Gasteiger charge is 2.25. The van der Waals surface area contributed by atoms with E-state index in [1.54, 1.807) is 49.5 Å². The molecule has 6 nitrogen and oxygen atoms in total. The second-order valence-electron chi connectivity index (χ2n) is 7.09. The SMILES string of the molecule is C[NH+](CC(=O)Nc1ccc(Cl)cc1C(=O)c1ccccc1)CC(=O)NC1CC1. The van der Waals surface area contributed by atoms with Crippen molar-refractivity contribution in [1.82, 2.24) is 5.32 Å². The van der Waals surface area contributed by atoms with Gasteiger partial charge in [0.1, 0.15) is 0 Å². The zero-order chi connectivity index (χ0) is 20.1. The number of anilines is 1. The van der Waals surface area contributed by atoms with E-state index in [1.807, 2.05) is 6.07 Å². The van der Waals surface area contributed by atoms with Crippen LogP contribution in [0.3, 0.4) is 0 Å². The van der Waals surface area contributed by atoms with Gasteiger partial charge in [0.25, 0.3) is 11.8 Å². The van der Waals surface area contributed by atoms with Crippen LogP contribution >= 0.6 is 11.6 Å². The minimum Gasteiger partial charge on any atom is -0.348 e. The number of halogens is 1. The molecule has 7 heteroatoms. The van der Waals surface area contributed by atoms with E-state index in [0.717, 1.165) is 17.7 Å². The van der Waals surface area contributed by atoms with Gasteiger partial charge in [-0.3, -0.25) is 14.4 Å². The lowest BCUT2D eigenvalue weighted by Gasteiger charge is -2.15. The molecule has 0 radical (unpaired) electrons. The predicted octanol–water partition coefficient (Wildman–Crippen LogP) is 1.30. The van der Waals surface area contributed by atoms with Gasteiger partial charge in [0, 0.05) is 22.2 Å². The number of ketones is 1.